The predicted octanol–water partition coefficient (Wildman–Crippen LogP) is 5.11. The third-order valence-electron chi connectivity index (χ3n) is 6.28. The Hall–Kier alpha value is -3.40. The maximum Gasteiger partial charge on any atom is 0.442 e. The Morgan fingerprint density at radius 3 is 2.20 bits per heavy atom. The monoisotopic (exact) mass is 765 g/mol. The molecule has 19 heteroatoms. The van der Waals surface area contributed by atoms with E-state index in [0.717, 1.165) is 8.99 Å². The van der Waals surface area contributed by atoms with E-state index in [9.17, 15) is 27.4 Å². The van der Waals surface area contributed by atoms with Crippen molar-refractivity contribution < 1.29 is 41.7 Å². The van der Waals surface area contributed by atoms with Gasteiger partial charge in [-0.3, -0.25) is 18.9 Å². The minimum atomic E-state index is -3.75. The fourth-order valence-electron chi connectivity index (χ4n) is 3.95. The summed E-state index contributed by atoms with van der Waals surface area (Å²) in [7, 11) is -6.85. The standard InChI is InChI=1S/C15H18Cl2N2O3.C10H12N2O3S.C5H12NO4P/c1-8(2)21-12-7-11(9(16)6-10(12)17)19-14(20)22-13(18-19)15(3,4)5;1-7(2)12-10(13)8-5-3-4-6-9(8)11-16(12,14)15;1-11(9,10)3-2-4(6)5(7)8/h6-8H,1-5H3;3-7,11H,1-2H3;4H,2-3,6H2,1H3,(H,7,8)(H,9,10). The number of para-hydroxylation sites is 1. The predicted molar refractivity (Wildman–Crippen MR) is 188 cm³/mol. The lowest BCUT2D eigenvalue weighted by molar-refractivity contribution is -0.138. The van der Waals surface area contributed by atoms with Crippen molar-refractivity contribution in [3.63, 3.8) is 0 Å². The minimum Gasteiger partial charge on any atom is -0.489 e. The Bertz CT molecular complexity index is 1870. The van der Waals surface area contributed by atoms with E-state index in [1.54, 1.807) is 44.2 Å². The van der Waals surface area contributed by atoms with Gasteiger partial charge < -0.3 is 24.9 Å². The van der Waals surface area contributed by atoms with Gasteiger partial charge in [-0.05, 0) is 52.3 Å². The van der Waals surface area contributed by atoms with Crippen molar-refractivity contribution >= 4 is 58.3 Å². The summed E-state index contributed by atoms with van der Waals surface area (Å²) < 4.78 is 49.4. The van der Waals surface area contributed by atoms with Crippen LogP contribution in [0.5, 0.6) is 5.75 Å². The first kappa shape index (κ1) is 41.8. The highest BCUT2D eigenvalue weighted by Crippen LogP contribution is 2.36. The van der Waals surface area contributed by atoms with Gasteiger partial charge in [0.2, 0.25) is 5.89 Å². The summed E-state index contributed by atoms with van der Waals surface area (Å²) in [5.74, 6) is -1.47. The van der Waals surface area contributed by atoms with Crippen LogP contribution in [0.15, 0.2) is 45.6 Å². The summed E-state index contributed by atoms with van der Waals surface area (Å²) >= 11 is 12.3. The maximum atomic E-state index is 12.1. The first-order chi connectivity index (χ1) is 22.4. The number of nitrogens with two attached hydrogens (primary N) is 1. The zero-order chi connectivity index (χ0) is 37.6. The zero-order valence-corrected chi connectivity index (χ0v) is 31.5. The molecule has 1 aliphatic heterocycles. The van der Waals surface area contributed by atoms with E-state index in [0.29, 0.717) is 33.6 Å². The molecule has 2 aromatic carbocycles. The summed E-state index contributed by atoms with van der Waals surface area (Å²) in [6.07, 6.45) is -0.0641. The van der Waals surface area contributed by atoms with E-state index in [1.807, 2.05) is 34.6 Å². The molecule has 1 amide bonds. The number of fused-ring (bicyclic) bond motifs is 1. The summed E-state index contributed by atoms with van der Waals surface area (Å²) in [5, 5.41) is 13.2. The number of carbonyl (C=O) groups is 2. The molecule has 5 N–H and O–H groups in total. The fraction of sp³-hybridized carbons (Fsp3) is 0.467. The number of anilines is 1. The van der Waals surface area contributed by atoms with E-state index < -0.39 is 47.3 Å². The lowest BCUT2D eigenvalue weighted by atomic mass is 9.97. The second-order valence-corrected chi connectivity index (χ2v) is 17.5. The first-order valence-corrected chi connectivity index (χ1v) is 19.3. The highest BCUT2D eigenvalue weighted by Gasteiger charge is 2.37. The fourth-order valence-corrected chi connectivity index (χ4v) is 6.64. The van der Waals surface area contributed by atoms with Crippen molar-refractivity contribution in [1.82, 2.24) is 14.1 Å². The van der Waals surface area contributed by atoms with Gasteiger partial charge >= 0.3 is 21.9 Å². The quantitative estimate of drug-likeness (QED) is 0.220. The molecule has 0 spiro atoms. The molecule has 0 aliphatic carbocycles. The molecule has 0 saturated heterocycles. The number of carboxylic acid groups (broad SMARTS) is 1. The van der Waals surface area contributed by atoms with Crippen molar-refractivity contribution in [2.24, 2.45) is 5.73 Å². The third kappa shape index (κ3) is 11.9. The molecule has 0 fully saturated rings. The molecule has 2 heterocycles. The number of halogens is 2. The van der Waals surface area contributed by atoms with E-state index in [1.165, 1.54) is 12.7 Å². The van der Waals surface area contributed by atoms with Crippen LogP contribution in [0, 0.1) is 0 Å². The van der Waals surface area contributed by atoms with Crippen LogP contribution in [0.1, 0.15) is 71.1 Å². The Morgan fingerprint density at radius 2 is 1.71 bits per heavy atom. The number of nitrogens with one attached hydrogen (secondary N) is 1. The first-order valence-electron chi connectivity index (χ1n) is 14.9. The average molecular weight is 767 g/mol. The molecule has 2 atom stereocenters. The van der Waals surface area contributed by atoms with Crippen LogP contribution in [0.2, 0.25) is 10.0 Å². The summed E-state index contributed by atoms with van der Waals surface area (Å²) in [4.78, 5) is 42.9. The van der Waals surface area contributed by atoms with Crippen LogP contribution in [0.25, 0.3) is 5.69 Å². The number of rotatable bonds is 8. The number of aromatic nitrogens is 2. The molecule has 3 aromatic rings. The van der Waals surface area contributed by atoms with Gasteiger partial charge in [-0.2, -0.15) is 13.1 Å². The smallest absolute Gasteiger partial charge is 0.442 e. The van der Waals surface area contributed by atoms with Crippen LogP contribution in [0.4, 0.5) is 5.69 Å². The second kappa shape index (κ2) is 16.5. The molecular formula is C30H42Cl2N5O10PS. The van der Waals surface area contributed by atoms with Crippen LogP contribution >= 0.6 is 30.6 Å². The number of carbonyl (C=O) groups excluding carboxylic acids is 1. The molecule has 49 heavy (non-hydrogen) atoms. The van der Waals surface area contributed by atoms with E-state index in [-0.39, 0.29) is 29.1 Å². The summed E-state index contributed by atoms with van der Waals surface area (Å²) in [5.41, 5.74) is 5.79. The molecule has 2 unspecified atom stereocenters. The van der Waals surface area contributed by atoms with Gasteiger partial charge in [0.15, 0.2) is 7.37 Å². The lowest BCUT2D eigenvalue weighted by Gasteiger charge is -2.31. The molecule has 0 radical (unpaired) electrons. The van der Waals surface area contributed by atoms with Gasteiger partial charge in [0.25, 0.3) is 5.91 Å². The number of carboxylic acids is 1. The van der Waals surface area contributed by atoms with Gasteiger partial charge in [-0.15, -0.1) is 5.10 Å². The third-order valence-corrected chi connectivity index (χ3v) is 9.55. The van der Waals surface area contributed by atoms with Crippen molar-refractivity contribution in [3.05, 3.63) is 68.4 Å². The normalized spacial score (nSPS) is 15.6. The number of hydrogen-bond donors (Lipinski definition) is 4. The van der Waals surface area contributed by atoms with Gasteiger partial charge in [0.05, 0.1) is 33.1 Å². The molecule has 1 aliphatic rings. The van der Waals surface area contributed by atoms with Gasteiger partial charge in [-0.1, -0.05) is 56.1 Å². The number of amides is 1. The topological polar surface area (TPSA) is 224 Å². The maximum absolute atomic E-state index is 12.1. The van der Waals surface area contributed by atoms with Crippen LogP contribution < -0.4 is 20.9 Å². The highest BCUT2D eigenvalue weighted by atomic mass is 35.5. The Balaban J connectivity index is 0.000000272. The highest BCUT2D eigenvalue weighted by molar-refractivity contribution is 7.91. The van der Waals surface area contributed by atoms with Crippen molar-refractivity contribution in [3.8, 4) is 11.4 Å². The SMILES string of the molecule is CC(C)N1C(=O)c2ccccc2NS1(=O)=O.CC(C)Oc1cc(-n2nc(C(C)(C)C)oc2=O)c(Cl)cc1Cl.CP(=O)(O)CCC(N)C(=O)O. The van der Waals surface area contributed by atoms with Crippen molar-refractivity contribution in [1.29, 1.82) is 0 Å². The van der Waals surface area contributed by atoms with Gasteiger partial charge in [0, 0.05) is 30.3 Å². The number of aliphatic carboxylic acids is 1. The zero-order valence-electron chi connectivity index (χ0n) is 28.3. The van der Waals surface area contributed by atoms with E-state index in [2.05, 4.69) is 9.82 Å². The number of ether oxygens (including phenoxy) is 1. The van der Waals surface area contributed by atoms with E-state index >= 15 is 0 Å². The second-order valence-electron chi connectivity index (χ2n) is 12.6. The number of hydrogen-bond acceptors (Lipinski definition) is 10. The van der Waals surface area contributed by atoms with Crippen LogP contribution in [-0.2, 0) is 25.0 Å². The molecule has 0 saturated carbocycles. The largest absolute Gasteiger partial charge is 0.489 e. The summed E-state index contributed by atoms with van der Waals surface area (Å²) in [6, 6.07) is 8.23. The Morgan fingerprint density at radius 1 is 1.12 bits per heavy atom. The molecule has 0 bridgehead atoms. The van der Waals surface area contributed by atoms with E-state index in [4.69, 9.17) is 48.1 Å². The number of nitrogens with zero attached hydrogens (tertiary/aromatic N) is 3. The van der Waals surface area contributed by atoms with Gasteiger partial charge in [0.1, 0.15) is 11.8 Å². The molecule has 15 nitrogen and oxygen atoms in total. The molecular weight excluding hydrogens is 724 g/mol. The van der Waals surface area contributed by atoms with Gasteiger partial charge in [-0.25, -0.2) is 9.10 Å². The lowest BCUT2D eigenvalue weighted by Crippen LogP contribution is -2.48. The Labute approximate surface area is 295 Å². The van der Waals surface area contributed by atoms with Crippen LogP contribution in [-0.4, -0.2) is 75.4 Å². The summed E-state index contributed by atoms with van der Waals surface area (Å²) in [6.45, 7) is 14.0. The van der Waals surface area contributed by atoms with Crippen LogP contribution in [0.3, 0.4) is 0 Å². The molecule has 1 aromatic heterocycles. The van der Waals surface area contributed by atoms with Crippen molar-refractivity contribution in [2.45, 2.75) is 78.5 Å². The average Bonchev–Trinajstić information content (AvgIpc) is 3.34. The minimum absolute atomic E-state index is 0.0412. The molecule has 4 rings (SSSR count). The number of benzene rings is 2. The molecule has 272 valence electrons. The van der Waals surface area contributed by atoms with Crippen molar-refractivity contribution in [2.75, 3.05) is 17.5 Å². The Kier molecular flexibility index (Phi) is 14.1.